The molecule has 12 heavy (non-hydrogen) atoms. The van der Waals surface area contributed by atoms with Crippen molar-refractivity contribution in [1.29, 1.82) is 0 Å². The van der Waals surface area contributed by atoms with E-state index < -0.39 is 8.07 Å². The van der Waals surface area contributed by atoms with E-state index in [-0.39, 0.29) is 6.10 Å². The van der Waals surface area contributed by atoms with Crippen molar-refractivity contribution in [1.82, 2.24) is 0 Å². The van der Waals surface area contributed by atoms with E-state index in [1.807, 2.05) is 6.92 Å². The molecule has 0 aromatic heterocycles. The van der Waals surface area contributed by atoms with Gasteiger partial charge in [-0.25, -0.2) is 0 Å². The third kappa shape index (κ3) is 3.54. The lowest BCUT2D eigenvalue weighted by molar-refractivity contribution is 0.205. The third-order valence-electron chi connectivity index (χ3n) is 2.10. The van der Waals surface area contributed by atoms with Gasteiger partial charge in [-0.05, 0) is 13.3 Å². The molecule has 0 aliphatic carbocycles. The largest absolute Gasteiger partial charge is 0.389 e. The topological polar surface area (TPSA) is 20.2 Å². The van der Waals surface area contributed by atoms with Gasteiger partial charge in [0.05, 0.1) is 14.2 Å². The summed E-state index contributed by atoms with van der Waals surface area (Å²) in [5.74, 6) is 0. The van der Waals surface area contributed by atoms with Gasteiger partial charge < -0.3 is 5.11 Å². The van der Waals surface area contributed by atoms with Crippen LogP contribution in [0, 0.1) is 0 Å². The Morgan fingerprint density at radius 1 is 1.42 bits per heavy atom. The Balaban J connectivity index is 4.37. The van der Waals surface area contributed by atoms with Crippen LogP contribution < -0.4 is 0 Å². The maximum Gasteiger partial charge on any atom is 0.0753 e. The first-order valence-electron chi connectivity index (χ1n) is 4.78. The van der Waals surface area contributed by atoms with Crippen molar-refractivity contribution in [3.05, 3.63) is 11.3 Å². The highest BCUT2D eigenvalue weighted by atomic mass is 28.3. The van der Waals surface area contributed by atoms with Crippen LogP contribution in [0.4, 0.5) is 0 Å². The molecule has 0 aliphatic heterocycles. The SMILES string of the molecule is C/C=C(/C(O)CCC)[Si](C)(C)C. The fraction of sp³-hybridized carbons (Fsp3) is 0.800. The van der Waals surface area contributed by atoms with Crippen LogP contribution in [-0.2, 0) is 0 Å². The molecule has 1 N–H and O–H groups in total. The average molecular weight is 186 g/mol. The molecule has 1 nitrogen and oxygen atoms in total. The normalized spacial score (nSPS) is 16.3. The Morgan fingerprint density at radius 3 is 2.17 bits per heavy atom. The predicted octanol–water partition coefficient (Wildman–Crippen LogP) is 2.97. The lowest BCUT2D eigenvalue weighted by Gasteiger charge is -2.25. The van der Waals surface area contributed by atoms with E-state index >= 15 is 0 Å². The molecule has 0 rings (SSSR count). The third-order valence-corrected chi connectivity index (χ3v) is 4.45. The fourth-order valence-electron chi connectivity index (χ4n) is 1.55. The molecule has 0 radical (unpaired) electrons. The van der Waals surface area contributed by atoms with Crippen LogP contribution in [0.3, 0.4) is 0 Å². The van der Waals surface area contributed by atoms with Crippen LogP contribution in [0.1, 0.15) is 26.7 Å². The van der Waals surface area contributed by atoms with Crippen LogP contribution in [0.15, 0.2) is 11.3 Å². The van der Waals surface area contributed by atoms with Crippen molar-refractivity contribution in [3.8, 4) is 0 Å². The van der Waals surface area contributed by atoms with Gasteiger partial charge in [0.2, 0.25) is 0 Å². The number of hydrogen-bond acceptors (Lipinski definition) is 1. The first-order valence-corrected chi connectivity index (χ1v) is 8.28. The second-order valence-electron chi connectivity index (χ2n) is 4.30. The summed E-state index contributed by atoms with van der Waals surface area (Å²) in [5, 5.41) is 11.1. The molecule has 0 saturated carbocycles. The Labute approximate surface area is 77.5 Å². The zero-order valence-electron chi connectivity index (χ0n) is 9.02. The van der Waals surface area contributed by atoms with Crippen LogP contribution in [0.5, 0.6) is 0 Å². The number of hydrogen-bond donors (Lipinski definition) is 1. The Morgan fingerprint density at radius 2 is 1.92 bits per heavy atom. The standard InChI is InChI=1S/C10H22OSi/c1-6-8-9(11)10(7-2)12(3,4)5/h7,9,11H,6,8H2,1-5H3/b10-7-. The summed E-state index contributed by atoms with van der Waals surface area (Å²) in [4.78, 5) is 0. The first-order chi connectivity index (χ1) is 5.43. The fourth-order valence-corrected chi connectivity index (χ4v) is 3.56. The van der Waals surface area contributed by atoms with E-state index in [0.29, 0.717) is 0 Å². The molecule has 0 fully saturated rings. The monoisotopic (exact) mass is 186 g/mol. The van der Waals surface area contributed by atoms with Crippen molar-refractivity contribution in [2.24, 2.45) is 0 Å². The molecule has 0 heterocycles. The van der Waals surface area contributed by atoms with Crippen LogP contribution >= 0.6 is 0 Å². The molecule has 0 saturated heterocycles. The van der Waals surface area contributed by atoms with Gasteiger partial charge in [0.25, 0.3) is 0 Å². The van der Waals surface area contributed by atoms with Crippen molar-refractivity contribution in [3.63, 3.8) is 0 Å². The summed E-state index contributed by atoms with van der Waals surface area (Å²) < 4.78 is 0. The lowest BCUT2D eigenvalue weighted by atomic mass is 10.2. The van der Waals surface area contributed by atoms with Gasteiger partial charge in [-0.1, -0.05) is 44.3 Å². The summed E-state index contributed by atoms with van der Waals surface area (Å²) in [6.45, 7) is 11.0. The summed E-state index contributed by atoms with van der Waals surface area (Å²) in [6.07, 6.45) is 3.88. The molecule has 0 spiro atoms. The molecule has 1 unspecified atom stereocenters. The highest BCUT2D eigenvalue weighted by molar-refractivity contribution is 6.83. The first kappa shape index (κ1) is 11.9. The average Bonchev–Trinajstić information content (AvgIpc) is 1.85. The van der Waals surface area contributed by atoms with Crippen LogP contribution in [0.2, 0.25) is 19.6 Å². The van der Waals surface area contributed by atoms with Crippen molar-refractivity contribution < 1.29 is 5.11 Å². The van der Waals surface area contributed by atoms with E-state index in [4.69, 9.17) is 0 Å². The molecular weight excluding hydrogens is 164 g/mol. The molecule has 72 valence electrons. The predicted molar refractivity (Wildman–Crippen MR) is 58.0 cm³/mol. The van der Waals surface area contributed by atoms with Crippen molar-refractivity contribution in [2.75, 3.05) is 0 Å². The van der Waals surface area contributed by atoms with E-state index in [2.05, 4.69) is 32.6 Å². The summed E-state index contributed by atoms with van der Waals surface area (Å²) in [5.41, 5.74) is 0. The lowest BCUT2D eigenvalue weighted by Crippen LogP contribution is -2.32. The molecular formula is C10H22OSi. The highest BCUT2D eigenvalue weighted by Gasteiger charge is 2.23. The quantitative estimate of drug-likeness (QED) is 0.669. The van der Waals surface area contributed by atoms with Gasteiger partial charge in [0.1, 0.15) is 0 Å². The number of aliphatic hydroxyl groups is 1. The summed E-state index contributed by atoms with van der Waals surface area (Å²) in [7, 11) is -1.28. The maximum atomic E-state index is 9.81. The Bertz CT molecular complexity index is 156. The highest BCUT2D eigenvalue weighted by Crippen LogP contribution is 2.20. The number of allylic oxidation sites excluding steroid dienone is 1. The van der Waals surface area contributed by atoms with Gasteiger partial charge in [0.15, 0.2) is 0 Å². The molecule has 0 aliphatic rings. The van der Waals surface area contributed by atoms with E-state index in [0.717, 1.165) is 12.8 Å². The Kier molecular flexibility index (Phi) is 4.79. The van der Waals surface area contributed by atoms with Crippen LogP contribution in [0.25, 0.3) is 0 Å². The minimum Gasteiger partial charge on any atom is -0.389 e. The summed E-state index contributed by atoms with van der Waals surface area (Å²) in [6, 6.07) is 0. The van der Waals surface area contributed by atoms with E-state index in [9.17, 15) is 5.11 Å². The second kappa shape index (κ2) is 4.82. The van der Waals surface area contributed by atoms with E-state index in [1.54, 1.807) is 0 Å². The van der Waals surface area contributed by atoms with Crippen molar-refractivity contribution in [2.45, 2.75) is 52.4 Å². The van der Waals surface area contributed by atoms with Crippen molar-refractivity contribution >= 4 is 8.07 Å². The minimum atomic E-state index is -1.28. The molecule has 0 aromatic rings. The zero-order chi connectivity index (χ0) is 9.78. The van der Waals surface area contributed by atoms with Gasteiger partial charge in [0, 0.05) is 0 Å². The molecule has 0 bridgehead atoms. The molecule has 2 heteroatoms. The smallest absolute Gasteiger partial charge is 0.0753 e. The molecule has 0 aromatic carbocycles. The van der Waals surface area contributed by atoms with Gasteiger partial charge in [-0.2, -0.15) is 0 Å². The molecule has 0 amide bonds. The second-order valence-corrected chi connectivity index (χ2v) is 9.38. The van der Waals surface area contributed by atoms with Crippen LogP contribution in [-0.4, -0.2) is 19.3 Å². The number of aliphatic hydroxyl groups excluding tert-OH is 1. The number of rotatable bonds is 4. The Hall–Kier alpha value is -0.0831. The zero-order valence-corrected chi connectivity index (χ0v) is 10.0. The van der Waals surface area contributed by atoms with Gasteiger partial charge in [-0.15, -0.1) is 0 Å². The van der Waals surface area contributed by atoms with Gasteiger partial charge >= 0.3 is 0 Å². The maximum absolute atomic E-state index is 9.81. The molecule has 1 atom stereocenters. The van der Waals surface area contributed by atoms with E-state index in [1.165, 1.54) is 5.20 Å². The minimum absolute atomic E-state index is 0.188. The van der Waals surface area contributed by atoms with Gasteiger partial charge in [-0.3, -0.25) is 0 Å². The summed E-state index contributed by atoms with van der Waals surface area (Å²) >= 11 is 0.